The van der Waals surface area contributed by atoms with Crippen LogP contribution < -0.4 is 5.56 Å². The average Bonchev–Trinajstić information content (AvgIpc) is 2.32. The fourth-order valence-corrected chi connectivity index (χ4v) is 1.76. The predicted octanol–water partition coefficient (Wildman–Crippen LogP) is 2.27. The van der Waals surface area contributed by atoms with E-state index in [1.54, 1.807) is 4.57 Å². The molecule has 0 amide bonds. The van der Waals surface area contributed by atoms with E-state index < -0.39 is 0 Å². The standard InChI is InChI=1S/C12H13ClN2O/c1-9(6-13)8-15-11-5-3-2-4-10(11)14-7-12(15)16/h2-5,7,9H,6,8H2,1H3. The molecule has 2 aromatic rings. The van der Waals surface area contributed by atoms with E-state index in [1.165, 1.54) is 6.20 Å². The molecule has 1 aromatic heterocycles. The van der Waals surface area contributed by atoms with E-state index in [-0.39, 0.29) is 11.5 Å². The maximum Gasteiger partial charge on any atom is 0.269 e. The van der Waals surface area contributed by atoms with Crippen LogP contribution in [-0.2, 0) is 6.54 Å². The lowest BCUT2D eigenvalue weighted by Gasteiger charge is -2.12. The Morgan fingerprint density at radius 3 is 2.94 bits per heavy atom. The molecule has 1 heterocycles. The molecule has 0 aliphatic heterocycles. The van der Waals surface area contributed by atoms with E-state index in [0.29, 0.717) is 12.4 Å². The van der Waals surface area contributed by atoms with Gasteiger partial charge < -0.3 is 4.57 Å². The lowest BCUT2D eigenvalue weighted by Crippen LogP contribution is -2.24. The predicted molar refractivity (Wildman–Crippen MR) is 65.9 cm³/mol. The summed E-state index contributed by atoms with van der Waals surface area (Å²) in [4.78, 5) is 15.9. The molecular weight excluding hydrogens is 224 g/mol. The van der Waals surface area contributed by atoms with Crippen molar-refractivity contribution in [1.29, 1.82) is 0 Å². The van der Waals surface area contributed by atoms with Crippen molar-refractivity contribution in [1.82, 2.24) is 9.55 Å². The van der Waals surface area contributed by atoms with Crippen LogP contribution in [0.1, 0.15) is 6.92 Å². The van der Waals surface area contributed by atoms with Gasteiger partial charge in [-0.1, -0.05) is 19.1 Å². The zero-order chi connectivity index (χ0) is 11.5. The van der Waals surface area contributed by atoms with Crippen LogP contribution in [0.15, 0.2) is 35.3 Å². The van der Waals surface area contributed by atoms with Crippen molar-refractivity contribution in [3.63, 3.8) is 0 Å². The van der Waals surface area contributed by atoms with Crippen molar-refractivity contribution < 1.29 is 0 Å². The number of alkyl halides is 1. The summed E-state index contributed by atoms with van der Waals surface area (Å²) >= 11 is 5.77. The third-order valence-electron chi connectivity index (χ3n) is 2.51. The van der Waals surface area contributed by atoms with Gasteiger partial charge in [0.05, 0.1) is 17.2 Å². The van der Waals surface area contributed by atoms with Gasteiger partial charge in [0.25, 0.3) is 5.56 Å². The minimum absolute atomic E-state index is 0.0735. The van der Waals surface area contributed by atoms with Gasteiger partial charge >= 0.3 is 0 Å². The molecule has 1 atom stereocenters. The summed E-state index contributed by atoms with van der Waals surface area (Å²) in [6.45, 7) is 2.65. The van der Waals surface area contributed by atoms with E-state index >= 15 is 0 Å². The van der Waals surface area contributed by atoms with Crippen LogP contribution in [-0.4, -0.2) is 15.4 Å². The number of para-hydroxylation sites is 2. The Morgan fingerprint density at radius 1 is 1.44 bits per heavy atom. The average molecular weight is 237 g/mol. The van der Waals surface area contributed by atoms with Gasteiger partial charge in [-0.3, -0.25) is 4.79 Å². The molecule has 1 aromatic carbocycles. The number of aromatic nitrogens is 2. The smallest absolute Gasteiger partial charge is 0.269 e. The fourth-order valence-electron chi connectivity index (χ4n) is 1.66. The second-order valence-corrected chi connectivity index (χ2v) is 4.26. The van der Waals surface area contributed by atoms with Crippen molar-refractivity contribution in [3.05, 3.63) is 40.8 Å². The lowest BCUT2D eigenvalue weighted by atomic mass is 10.2. The molecule has 0 radical (unpaired) electrons. The molecule has 0 N–H and O–H groups in total. The van der Waals surface area contributed by atoms with Gasteiger partial charge in [0.1, 0.15) is 0 Å². The molecule has 3 nitrogen and oxygen atoms in total. The lowest BCUT2D eigenvalue weighted by molar-refractivity contribution is 0.527. The van der Waals surface area contributed by atoms with Gasteiger partial charge in [-0.2, -0.15) is 0 Å². The molecule has 2 rings (SSSR count). The van der Waals surface area contributed by atoms with Crippen LogP contribution in [0, 0.1) is 5.92 Å². The Hall–Kier alpha value is -1.35. The normalized spacial score (nSPS) is 12.9. The van der Waals surface area contributed by atoms with Gasteiger partial charge in [-0.15, -0.1) is 11.6 Å². The summed E-state index contributed by atoms with van der Waals surface area (Å²) < 4.78 is 1.73. The van der Waals surface area contributed by atoms with Gasteiger partial charge in [-0.25, -0.2) is 4.98 Å². The Labute approximate surface area is 98.7 Å². The highest BCUT2D eigenvalue weighted by molar-refractivity contribution is 6.18. The van der Waals surface area contributed by atoms with Crippen LogP contribution in [0.25, 0.3) is 11.0 Å². The Bertz CT molecular complexity index is 550. The van der Waals surface area contributed by atoms with Gasteiger partial charge in [0.2, 0.25) is 0 Å². The largest absolute Gasteiger partial charge is 0.305 e. The quantitative estimate of drug-likeness (QED) is 0.767. The highest BCUT2D eigenvalue weighted by atomic mass is 35.5. The molecule has 0 spiro atoms. The van der Waals surface area contributed by atoms with Gasteiger partial charge in [0, 0.05) is 12.4 Å². The molecule has 4 heteroatoms. The van der Waals surface area contributed by atoms with E-state index in [1.807, 2.05) is 31.2 Å². The highest BCUT2D eigenvalue weighted by Crippen LogP contribution is 2.10. The number of hydrogen-bond donors (Lipinski definition) is 0. The monoisotopic (exact) mass is 236 g/mol. The molecule has 1 unspecified atom stereocenters. The van der Waals surface area contributed by atoms with Crippen LogP contribution in [0.4, 0.5) is 0 Å². The van der Waals surface area contributed by atoms with Gasteiger partial charge in [-0.05, 0) is 18.1 Å². The van der Waals surface area contributed by atoms with Crippen LogP contribution in [0.2, 0.25) is 0 Å². The third kappa shape index (κ3) is 2.09. The number of halogens is 1. The Balaban J connectivity index is 2.57. The van der Waals surface area contributed by atoms with E-state index in [9.17, 15) is 4.79 Å². The van der Waals surface area contributed by atoms with Crippen LogP contribution in [0.3, 0.4) is 0 Å². The summed E-state index contributed by atoms with van der Waals surface area (Å²) in [6, 6.07) is 7.63. The number of rotatable bonds is 3. The zero-order valence-electron chi connectivity index (χ0n) is 9.06. The summed E-state index contributed by atoms with van der Waals surface area (Å²) in [5.41, 5.74) is 1.63. The maximum atomic E-state index is 11.7. The molecule has 0 aliphatic rings. The maximum absolute atomic E-state index is 11.7. The first-order chi connectivity index (χ1) is 7.72. The van der Waals surface area contributed by atoms with Crippen molar-refractivity contribution in [2.45, 2.75) is 13.5 Å². The van der Waals surface area contributed by atoms with Crippen molar-refractivity contribution in [2.24, 2.45) is 5.92 Å². The summed E-state index contributed by atoms with van der Waals surface area (Å²) in [7, 11) is 0. The van der Waals surface area contributed by atoms with Crippen molar-refractivity contribution in [3.8, 4) is 0 Å². The fraction of sp³-hybridized carbons (Fsp3) is 0.333. The Kier molecular flexibility index (Phi) is 3.25. The van der Waals surface area contributed by atoms with Crippen molar-refractivity contribution >= 4 is 22.6 Å². The minimum Gasteiger partial charge on any atom is -0.305 e. The molecule has 84 valence electrons. The Morgan fingerprint density at radius 2 is 2.19 bits per heavy atom. The first kappa shape index (κ1) is 11.1. The van der Waals surface area contributed by atoms with Crippen LogP contribution >= 0.6 is 11.6 Å². The van der Waals surface area contributed by atoms with E-state index in [2.05, 4.69) is 4.98 Å². The summed E-state index contributed by atoms with van der Waals surface area (Å²) in [5, 5.41) is 0. The SMILES string of the molecule is CC(CCl)Cn1c(=O)cnc2ccccc21. The first-order valence-corrected chi connectivity index (χ1v) is 5.76. The topological polar surface area (TPSA) is 34.9 Å². The molecule has 0 bridgehead atoms. The summed E-state index contributed by atoms with van der Waals surface area (Å²) in [5.74, 6) is 0.813. The molecule has 0 saturated carbocycles. The summed E-state index contributed by atoms with van der Waals surface area (Å²) in [6.07, 6.45) is 1.36. The van der Waals surface area contributed by atoms with Crippen molar-refractivity contribution in [2.75, 3.05) is 5.88 Å². The van der Waals surface area contributed by atoms with E-state index in [0.717, 1.165) is 11.0 Å². The molecule has 0 fully saturated rings. The van der Waals surface area contributed by atoms with Crippen LogP contribution in [0.5, 0.6) is 0 Å². The highest BCUT2D eigenvalue weighted by Gasteiger charge is 2.07. The molecule has 0 saturated heterocycles. The zero-order valence-corrected chi connectivity index (χ0v) is 9.81. The first-order valence-electron chi connectivity index (χ1n) is 5.23. The number of nitrogens with zero attached hydrogens (tertiary/aromatic N) is 2. The minimum atomic E-state index is -0.0735. The molecule has 0 aliphatic carbocycles. The molecule has 16 heavy (non-hydrogen) atoms. The van der Waals surface area contributed by atoms with Gasteiger partial charge in [0.15, 0.2) is 0 Å². The van der Waals surface area contributed by atoms with E-state index in [4.69, 9.17) is 11.6 Å². The third-order valence-corrected chi connectivity index (χ3v) is 3.04. The molecular formula is C12H13ClN2O. The second kappa shape index (κ2) is 4.66. The number of fused-ring (bicyclic) bond motifs is 1. The number of hydrogen-bond acceptors (Lipinski definition) is 2. The number of benzene rings is 1. The second-order valence-electron chi connectivity index (χ2n) is 3.96.